The highest BCUT2D eigenvalue weighted by molar-refractivity contribution is 7.89. The summed E-state index contributed by atoms with van der Waals surface area (Å²) in [6.07, 6.45) is 4.92. The molecule has 0 amide bonds. The number of nitrogens with one attached hydrogen (secondary N) is 2. The molecular formula is C16H24N2O2S. The average molecular weight is 308 g/mol. The Bertz CT molecular complexity index is 604. The highest BCUT2D eigenvalue weighted by Gasteiger charge is 2.53. The van der Waals surface area contributed by atoms with Crippen LogP contribution in [0, 0.1) is 11.3 Å². The van der Waals surface area contributed by atoms with Gasteiger partial charge in [-0.2, -0.15) is 0 Å². The highest BCUT2D eigenvalue weighted by Crippen LogP contribution is 2.60. The molecule has 21 heavy (non-hydrogen) atoms. The fraction of sp³-hybridized carbons (Fsp3) is 0.625. The van der Waals surface area contributed by atoms with E-state index in [0.29, 0.717) is 18.0 Å². The molecule has 3 rings (SSSR count). The van der Waals surface area contributed by atoms with Gasteiger partial charge in [-0.1, -0.05) is 19.1 Å². The Morgan fingerprint density at radius 1 is 1.29 bits per heavy atom. The van der Waals surface area contributed by atoms with Crippen LogP contribution in [0.5, 0.6) is 0 Å². The van der Waals surface area contributed by atoms with Gasteiger partial charge in [-0.3, -0.25) is 0 Å². The van der Waals surface area contributed by atoms with Gasteiger partial charge in [0.25, 0.3) is 0 Å². The lowest BCUT2D eigenvalue weighted by molar-refractivity contribution is 0.432. The first-order chi connectivity index (χ1) is 10.1. The second kappa shape index (κ2) is 5.71. The quantitative estimate of drug-likeness (QED) is 0.774. The van der Waals surface area contributed by atoms with Gasteiger partial charge in [0.05, 0.1) is 4.90 Å². The monoisotopic (exact) mass is 308 g/mol. The van der Waals surface area contributed by atoms with E-state index in [1.165, 1.54) is 25.7 Å². The fourth-order valence-corrected chi connectivity index (χ4v) is 4.21. The molecule has 1 aromatic rings. The fourth-order valence-electron chi connectivity index (χ4n) is 3.00. The van der Waals surface area contributed by atoms with Gasteiger partial charge in [0.1, 0.15) is 0 Å². The molecule has 0 heterocycles. The van der Waals surface area contributed by atoms with Gasteiger partial charge in [0.2, 0.25) is 10.0 Å². The van der Waals surface area contributed by atoms with E-state index >= 15 is 0 Å². The first-order valence-corrected chi connectivity index (χ1v) is 9.33. The molecule has 0 atom stereocenters. The smallest absolute Gasteiger partial charge is 0.240 e. The zero-order valence-corrected chi connectivity index (χ0v) is 13.4. The highest BCUT2D eigenvalue weighted by atomic mass is 32.2. The third-order valence-electron chi connectivity index (χ3n) is 4.74. The van der Waals surface area contributed by atoms with Crippen molar-refractivity contribution in [1.29, 1.82) is 0 Å². The van der Waals surface area contributed by atoms with Crippen molar-refractivity contribution in [3.8, 4) is 0 Å². The summed E-state index contributed by atoms with van der Waals surface area (Å²) in [5.74, 6) is 0.764. The Morgan fingerprint density at radius 2 is 2.05 bits per heavy atom. The van der Waals surface area contributed by atoms with Crippen molar-refractivity contribution in [2.75, 3.05) is 13.1 Å². The molecule has 0 bridgehead atoms. The van der Waals surface area contributed by atoms with Crippen LogP contribution >= 0.6 is 0 Å². The molecule has 2 aliphatic rings. The number of hydrogen-bond acceptors (Lipinski definition) is 3. The topological polar surface area (TPSA) is 58.2 Å². The summed E-state index contributed by atoms with van der Waals surface area (Å²) < 4.78 is 27.7. The van der Waals surface area contributed by atoms with Crippen LogP contribution in [0.2, 0.25) is 0 Å². The van der Waals surface area contributed by atoms with Crippen LogP contribution in [0.15, 0.2) is 29.2 Å². The van der Waals surface area contributed by atoms with Crippen LogP contribution in [-0.4, -0.2) is 21.5 Å². The molecule has 0 saturated heterocycles. The first kappa shape index (κ1) is 15.0. The van der Waals surface area contributed by atoms with Crippen LogP contribution in [-0.2, 0) is 16.6 Å². The van der Waals surface area contributed by atoms with Gasteiger partial charge in [-0.05, 0) is 61.3 Å². The summed E-state index contributed by atoms with van der Waals surface area (Å²) in [6.45, 7) is 4.22. The van der Waals surface area contributed by atoms with Crippen LogP contribution in [0.25, 0.3) is 0 Å². The van der Waals surface area contributed by atoms with Crippen molar-refractivity contribution in [3.63, 3.8) is 0 Å². The molecule has 2 N–H and O–H groups in total. The number of benzene rings is 1. The maximum Gasteiger partial charge on any atom is 0.240 e. The molecule has 5 heteroatoms. The number of hydrogen-bond donors (Lipinski definition) is 2. The third-order valence-corrected chi connectivity index (χ3v) is 6.14. The van der Waals surface area contributed by atoms with E-state index < -0.39 is 10.0 Å². The summed E-state index contributed by atoms with van der Waals surface area (Å²) in [7, 11) is -3.38. The molecule has 4 nitrogen and oxygen atoms in total. The number of sulfonamides is 1. The second-order valence-electron chi connectivity index (χ2n) is 6.39. The molecule has 116 valence electrons. The van der Waals surface area contributed by atoms with Crippen molar-refractivity contribution in [2.24, 2.45) is 11.3 Å². The molecule has 0 aliphatic heterocycles. The van der Waals surface area contributed by atoms with Gasteiger partial charge in [-0.25, -0.2) is 13.1 Å². The summed E-state index contributed by atoms with van der Waals surface area (Å²) in [5.41, 5.74) is 1.29. The predicted octanol–water partition coefficient (Wildman–Crippen LogP) is 2.26. The van der Waals surface area contributed by atoms with Crippen LogP contribution in [0.4, 0.5) is 0 Å². The van der Waals surface area contributed by atoms with Gasteiger partial charge >= 0.3 is 0 Å². The van der Waals surface area contributed by atoms with Crippen LogP contribution in [0.1, 0.15) is 38.2 Å². The summed E-state index contributed by atoms with van der Waals surface area (Å²) >= 11 is 0. The minimum absolute atomic E-state index is 0.286. The third kappa shape index (κ3) is 3.47. The van der Waals surface area contributed by atoms with E-state index in [9.17, 15) is 8.42 Å². The van der Waals surface area contributed by atoms with Crippen molar-refractivity contribution in [3.05, 3.63) is 29.8 Å². The maximum atomic E-state index is 12.4. The summed E-state index contributed by atoms with van der Waals surface area (Å²) in [4.78, 5) is 0.379. The lowest BCUT2D eigenvalue weighted by atomic mass is 10.0. The molecule has 2 fully saturated rings. The Kier molecular flexibility index (Phi) is 4.08. The first-order valence-electron chi connectivity index (χ1n) is 7.85. The van der Waals surface area contributed by atoms with Gasteiger partial charge < -0.3 is 5.32 Å². The predicted molar refractivity (Wildman–Crippen MR) is 83.4 cm³/mol. The molecule has 2 aliphatic carbocycles. The van der Waals surface area contributed by atoms with Crippen molar-refractivity contribution < 1.29 is 8.42 Å². The average Bonchev–Trinajstić information content (AvgIpc) is 3.36. The van der Waals surface area contributed by atoms with Crippen LogP contribution < -0.4 is 10.0 Å². The molecule has 0 spiro atoms. The van der Waals surface area contributed by atoms with Crippen molar-refractivity contribution in [1.82, 2.24) is 10.0 Å². The minimum Gasteiger partial charge on any atom is -0.313 e. The molecular weight excluding hydrogens is 284 g/mol. The van der Waals surface area contributed by atoms with Gasteiger partial charge in [0, 0.05) is 13.1 Å². The lowest BCUT2D eigenvalue weighted by Gasteiger charge is -2.15. The SMILES string of the molecule is CCNCc1cccc(S(=O)(=O)NCC2(C3CC3)CC2)c1. The normalized spacial score (nSPS) is 20.4. The van der Waals surface area contributed by atoms with E-state index in [1.807, 2.05) is 19.1 Å². The van der Waals surface area contributed by atoms with E-state index in [2.05, 4.69) is 10.0 Å². The second-order valence-corrected chi connectivity index (χ2v) is 8.16. The standard InChI is InChI=1S/C16H24N2O2S/c1-2-17-11-13-4-3-5-15(10-13)21(19,20)18-12-16(8-9-16)14-6-7-14/h3-5,10,14,17-18H,2,6-9,11-12H2,1H3. The van der Waals surface area contributed by atoms with Crippen molar-refractivity contribution >= 4 is 10.0 Å². The lowest BCUT2D eigenvalue weighted by Crippen LogP contribution is -2.31. The van der Waals surface area contributed by atoms with E-state index in [-0.39, 0.29) is 5.41 Å². The van der Waals surface area contributed by atoms with Crippen LogP contribution in [0.3, 0.4) is 0 Å². The van der Waals surface area contributed by atoms with E-state index in [0.717, 1.165) is 18.0 Å². The van der Waals surface area contributed by atoms with Gasteiger partial charge in [-0.15, -0.1) is 0 Å². The Morgan fingerprint density at radius 3 is 2.67 bits per heavy atom. The molecule has 1 aromatic carbocycles. The molecule has 0 radical (unpaired) electrons. The number of rotatable bonds is 8. The zero-order chi connectivity index (χ0) is 14.9. The maximum absolute atomic E-state index is 12.4. The summed E-state index contributed by atoms with van der Waals surface area (Å²) in [5, 5.41) is 3.22. The summed E-state index contributed by atoms with van der Waals surface area (Å²) in [6, 6.07) is 7.21. The molecule has 0 unspecified atom stereocenters. The zero-order valence-electron chi connectivity index (χ0n) is 12.6. The van der Waals surface area contributed by atoms with E-state index in [1.54, 1.807) is 12.1 Å². The van der Waals surface area contributed by atoms with E-state index in [4.69, 9.17) is 0 Å². The minimum atomic E-state index is -3.38. The Hall–Kier alpha value is -0.910. The molecule has 2 saturated carbocycles. The molecule has 0 aromatic heterocycles. The Balaban J connectivity index is 1.66. The Labute approximate surface area is 127 Å². The van der Waals surface area contributed by atoms with Gasteiger partial charge in [0.15, 0.2) is 0 Å². The largest absolute Gasteiger partial charge is 0.313 e. The van der Waals surface area contributed by atoms with Crippen molar-refractivity contribution in [2.45, 2.75) is 44.0 Å².